The molecule has 90 valence electrons. The lowest BCUT2D eigenvalue weighted by molar-refractivity contribution is -0.133. The van der Waals surface area contributed by atoms with Gasteiger partial charge in [0.15, 0.2) is 0 Å². The summed E-state index contributed by atoms with van der Waals surface area (Å²) in [6, 6.07) is 11.4. The van der Waals surface area contributed by atoms with Crippen molar-refractivity contribution in [3.8, 4) is 17.6 Å². The van der Waals surface area contributed by atoms with E-state index in [1.54, 1.807) is 7.11 Å². The zero-order valence-electron chi connectivity index (χ0n) is 10.2. The Kier molecular flexibility index (Phi) is 3.49. The van der Waals surface area contributed by atoms with Crippen LogP contribution in [0.1, 0.15) is 5.56 Å². The molecule has 18 heavy (non-hydrogen) atoms. The van der Waals surface area contributed by atoms with E-state index in [0.717, 1.165) is 22.1 Å². The predicted octanol–water partition coefficient (Wildman–Crippen LogP) is 2.37. The minimum atomic E-state index is -0.546. The predicted molar refractivity (Wildman–Crippen MR) is 69.4 cm³/mol. The largest absolute Gasteiger partial charge is 0.496 e. The van der Waals surface area contributed by atoms with Gasteiger partial charge in [0.2, 0.25) is 0 Å². The first-order valence-electron chi connectivity index (χ1n) is 5.42. The Morgan fingerprint density at radius 3 is 2.44 bits per heavy atom. The number of hydrogen-bond acceptors (Lipinski definition) is 3. The van der Waals surface area contributed by atoms with E-state index in [9.17, 15) is 4.79 Å². The van der Waals surface area contributed by atoms with Gasteiger partial charge in [-0.3, -0.25) is 0 Å². The van der Waals surface area contributed by atoms with Crippen LogP contribution in [0, 0.1) is 11.8 Å². The molecule has 0 unspecified atom stereocenters. The molecule has 0 aliphatic heterocycles. The van der Waals surface area contributed by atoms with Gasteiger partial charge in [-0.1, -0.05) is 30.2 Å². The number of carbonyl (C=O) groups excluding carboxylic acids is 1. The highest BCUT2D eigenvalue weighted by molar-refractivity contribution is 5.95. The van der Waals surface area contributed by atoms with Crippen molar-refractivity contribution in [1.29, 1.82) is 0 Å². The van der Waals surface area contributed by atoms with Crippen LogP contribution in [0.4, 0.5) is 0 Å². The SMILES string of the molecule is COC(=O)C#Cc1ccc(OC)c2ccccc12. The quantitative estimate of drug-likeness (QED) is 0.567. The number of carbonyl (C=O) groups is 1. The topological polar surface area (TPSA) is 35.5 Å². The molecular formula is C15H12O3. The Morgan fingerprint density at radius 1 is 1.06 bits per heavy atom. The van der Waals surface area contributed by atoms with Crippen LogP contribution in [0.15, 0.2) is 36.4 Å². The molecule has 0 fully saturated rings. The fourth-order valence-corrected chi connectivity index (χ4v) is 1.73. The molecule has 0 N–H and O–H groups in total. The lowest BCUT2D eigenvalue weighted by Gasteiger charge is -2.06. The standard InChI is InChI=1S/C15H12O3/c1-17-14-9-7-11(8-10-15(16)18-2)12-5-3-4-6-13(12)14/h3-7,9H,1-2H3. The van der Waals surface area contributed by atoms with Crippen LogP contribution in [0.2, 0.25) is 0 Å². The van der Waals surface area contributed by atoms with Gasteiger partial charge in [0.25, 0.3) is 0 Å². The lowest BCUT2D eigenvalue weighted by atomic mass is 10.0. The molecule has 0 heterocycles. The van der Waals surface area contributed by atoms with E-state index in [1.165, 1.54) is 7.11 Å². The maximum absolute atomic E-state index is 11.0. The smallest absolute Gasteiger partial charge is 0.384 e. The maximum Gasteiger partial charge on any atom is 0.384 e. The molecule has 0 aliphatic carbocycles. The van der Waals surface area contributed by atoms with Crippen molar-refractivity contribution in [1.82, 2.24) is 0 Å². The second kappa shape index (κ2) is 5.24. The molecule has 0 aliphatic rings. The van der Waals surface area contributed by atoms with Crippen molar-refractivity contribution >= 4 is 16.7 Å². The molecule has 0 atom stereocenters. The van der Waals surface area contributed by atoms with E-state index in [4.69, 9.17) is 4.74 Å². The highest BCUT2D eigenvalue weighted by atomic mass is 16.5. The Morgan fingerprint density at radius 2 is 1.78 bits per heavy atom. The second-order valence-electron chi connectivity index (χ2n) is 3.60. The number of rotatable bonds is 1. The molecule has 0 aromatic heterocycles. The Hall–Kier alpha value is -2.47. The van der Waals surface area contributed by atoms with E-state index in [1.807, 2.05) is 36.4 Å². The third-order valence-corrected chi connectivity index (χ3v) is 2.59. The molecule has 3 heteroatoms. The highest BCUT2D eigenvalue weighted by Gasteiger charge is 2.04. The Labute approximate surface area is 105 Å². The van der Waals surface area contributed by atoms with Gasteiger partial charge in [-0.15, -0.1) is 0 Å². The number of benzene rings is 2. The van der Waals surface area contributed by atoms with Crippen LogP contribution in [0.25, 0.3) is 10.8 Å². The van der Waals surface area contributed by atoms with Crippen LogP contribution in [-0.2, 0) is 9.53 Å². The first-order chi connectivity index (χ1) is 8.76. The summed E-state index contributed by atoms with van der Waals surface area (Å²) in [4.78, 5) is 11.0. The van der Waals surface area contributed by atoms with E-state index < -0.39 is 5.97 Å². The van der Waals surface area contributed by atoms with Crippen LogP contribution in [-0.4, -0.2) is 20.2 Å². The molecule has 0 saturated carbocycles. The van der Waals surface area contributed by atoms with E-state index in [-0.39, 0.29) is 0 Å². The highest BCUT2D eigenvalue weighted by Crippen LogP contribution is 2.27. The fourth-order valence-electron chi connectivity index (χ4n) is 1.73. The number of methoxy groups -OCH3 is 2. The molecule has 0 amide bonds. The van der Waals surface area contributed by atoms with E-state index in [0.29, 0.717) is 0 Å². The number of fused-ring (bicyclic) bond motifs is 1. The molecule has 0 bridgehead atoms. The van der Waals surface area contributed by atoms with Gasteiger partial charge in [0.1, 0.15) is 5.75 Å². The molecule has 0 saturated heterocycles. The minimum Gasteiger partial charge on any atom is -0.496 e. The average molecular weight is 240 g/mol. The van der Waals surface area contributed by atoms with Gasteiger partial charge in [-0.25, -0.2) is 4.79 Å². The molecular weight excluding hydrogens is 228 g/mol. The average Bonchev–Trinajstić information content (AvgIpc) is 2.44. The Balaban J connectivity index is 2.58. The van der Waals surface area contributed by atoms with Crippen LogP contribution in [0.5, 0.6) is 5.75 Å². The van der Waals surface area contributed by atoms with Crippen molar-refractivity contribution in [3.63, 3.8) is 0 Å². The first-order valence-corrected chi connectivity index (χ1v) is 5.42. The third kappa shape index (κ3) is 2.28. The van der Waals surface area contributed by atoms with Gasteiger partial charge in [-0.05, 0) is 12.1 Å². The lowest BCUT2D eigenvalue weighted by Crippen LogP contribution is -1.94. The van der Waals surface area contributed by atoms with Gasteiger partial charge in [0.05, 0.1) is 14.2 Å². The van der Waals surface area contributed by atoms with E-state index >= 15 is 0 Å². The normalized spacial score (nSPS) is 9.44. The van der Waals surface area contributed by atoms with Crippen molar-refractivity contribution in [2.24, 2.45) is 0 Å². The first kappa shape index (κ1) is 12.0. The van der Waals surface area contributed by atoms with E-state index in [2.05, 4.69) is 16.6 Å². The molecule has 2 aromatic rings. The number of ether oxygens (including phenoxy) is 2. The van der Waals surface area contributed by atoms with Gasteiger partial charge in [-0.2, -0.15) is 0 Å². The molecule has 0 spiro atoms. The van der Waals surface area contributed by atoms with Crippen LogP contribution < -0.4 is 4.74 Å². The van der Waals surface area contributed by atoms with Crippen LogP contribution in [0.3, 0.4) is 0 Å². The summed E-state index contributed by atoms with van der Waals surface area (Å²) in [6.45, 7) is 0. The maximum atomic E-state index is 11.0. The summed E-state index contributed by atoms with van der Waals surface area (Å²) in [5.41, 5.74) is 0.775. The summed E-state index contributed by atoms with van der Waals surface area (Å²) in [5, 5.41) is 1.92. The van der Waals surface area contributed by atoms with Gasteiger partial charge < -0.3 is 9.47 Å². The van der Waals surface area contributed by atoms with Gasteiger partial charge in [0, 0.05) is 22.3 Å². The van der Waals surface area contributed by atoms with Crippen molar-refractivity contribution in [2.45, 2.75) is 0 Å². The monoisotopic (exact) mass is 240 g/mol. The van der Waals surface area contributed by atoms with Gasteiger partial charge >= 0.3 is 5.97 Å². The molecule has 0 radical (unpaired) electrons. The summed E-state index contributed by atoms with van der Waals surface area (Å²) in [5.74, 6) is 5.48. The van der Waals surface area contributed by atoms with Crippen LogP contribution >= 0.6 is 0 Å². The van der Waals surface area contributed by atoms with Crippen molar-refractivity contribution in [3.05, 3.63) is 42.0 Å². The summed E-state index contributed by atoms with van der Waals surface area (Å²) in [7, 11) is 2.94. The zero-order valence-corrected chi connectivity index (χ0v) is 10.2. The van der Waals surface area contributed by atoms with Crippen molar-refractivity contribution in [2.75, 3.05) is 14.2 Å². The second-order valence-corrected chi connectivity index (χ2v) is 3.60. The van der Waals surface area contributed by atoms with Crippen molar-refractivity contribution < 1.29 is 14.3 Å². The summed E-state index contributed by atoms with van der Waals surface area (Å²) < 4.78 is 9.78. The zero-order chi connectivity index (χ0) is 13.0. The number of hydrogen-bond donors (Lipinski definition) is 0. The Bertz CT molecular complexity index is 648. The molecule has 3 nitrogen and oxygen atoms in total. The fraction of sp³-hybridized carbons (Fsp3) is 0.133. The molecule has 2 aromatic carbocycles. The molecule has 2 rings (SSSR count). The third-order valence-electron chi connectivity index (χ3n) is 2.59. The summed E-state index contributed by atoms with van der Waals surface area (Å²) >= 11 is 0. The number of esters is 1. The summed E-state index contributed by atoms with van der Waals surface area (Å²) in [6.07, 6.45) is 0. The minimum absolute atomic E-state index is 0.546.